The van der Waals surface area contributed by atoms with Crippen LogP contribution in [0.4, 0.5) is 5.13 Å². The number of amides is 1. The average molecular weight is 397 g/mol. The molecule has 1 aromatic heterocycles. The number of hydrogen-bond acceptors (Lipinski definition) is 5. The van der Waals surface area contributed by atoms with Crippen molar-refractivity contribution in [3.05, 3.63) is 53.1 Å². The van der Waals surface area contributed by atoms with Crippen LogP contribution in [0.5, 0.6) is 5.75 Å². The van der Waals surface area contributed by atoms with Gasteiger partial charge in [0.05, 0.1) is 35.5 Å². The number of nitrogens with zero attached hydrogens (tertiary/aromatic N) is 2. The van der Waals surface area contributed by atoms with E-state index in [4.69, 9.17) is 14.5 Å². The highest BCUT2D eigenvalue weighted by Crippen LogP contribution is 2.34. The molecule has 146 valence electrons. The largest absolute Gasteiger partial charge is 0.496 e. The Hall–Kier alpha value is -2.44. The maximum atomic E-state index is 13.5. The number of thiazole rings is 1. The Morgan fingerprint density at radius 1 is 1.32 bits per heavy atom. The molecule has 1 aliphatic rings. The lowest BCUT2D eigenvalue weighted by molar-refractivity contribution is 0.0915. The third kappa shape index (κ3) is 3.62. The van der Waals surface area contributed by atoms with E-state index < -0.39 is 0 Å². The van der Waals surface area contributed by atoms with Crippen molar-refractivity contribution in [1.29, 1.82) is 0 Å². The van der Waals surface area contributed by atoms with Crippen molar-refractivity contribution >= 4 is 32.6 Å². The van der Waals surface area contributed by atoms with E-state index >= 15 is 0 Å². The molecule has 2 heterocycles. The van der Waals surface area contributed by atoms with Crippen LogP contribution in [-0.4, -0.2) is 37.3 Å². The van der Waals surface area contributed by atoms with E-state index in [9.17, 15) is 4.79 Å². The minimum absolute atomic E-state index is 0.0357. The van der Waals surface area contributed by atoms with Crippen LogP contribution >= 0.6 is 11.3 Å². The van der Waals surface area contributed by atoms with Crippen LogP contribution in [-0.2, 0) is 4.74 Å². The maximum absolute atomic E-state index is 13.5. The molecule has 4 rings (SSSR count). The molecular weight excluding hydrogens is 372 g/mol. The van der Waals surface area contributed by atoms with Gasteiger partial charge in [0.2, 0.25) is 0 Å². The quantitative estimate of drug-likeness (QED) is 0.625. The number of carbonyl (C=O) groups excluding carboxylic acids is 1. The second kappa shape index (κ2) is 7.89. The van der Waals surface area contributed by atoms with E-state index in [0.29, 0.717) is 23.0 Å². The molecule has 28 heavy (non-hydrogen) atoms. The van der Waals surface area contributed by atoms with Crippen molar-refractivity contribution in [2.45, 2.75) is 32.8 Å². The van der Waals surface area contributed by atoms with E-state index in [2.05, 4.69) is 26.0 Å². The van der Waals surface area contributed by atoms with Gasteiger partial charge in [0.15, 0.2) is 5.13 Å². The Balaban J connectivity index is 1.77. The highest BCUT2D eigenvalue weighted by molar-refractivity contribution is 7.22. The first-order valence-corrected chi connectivity index (χ1v) is 10.3. The molecule has 0 saturated carbocycles. The zero-order valence-corrected chi connectivity index (χ0v) is 17.2. The van der Waals surface area contributed by atoms with Gasteiger partial charge in [-0.3, -0.25) is 9.69 Å². The molecule has 1 aliphatic heterocycles. The van der Waals surface area contributed by atoms with Gasteiger partial charge in [-0.25, -0.2) is 4.98 Å². The molecule has 0 aliphatic carbocycles. The molecule has 0 N–H and O–H groups in total. The van der Waals surface area contributed by atoms with Crippen LogP contribution in [0.2, 0.25) is 0 Å². The van der Waals surface area contributed by atoms with Crippen molar-refractivity contribution in [2.24, 2.45) is 0 Å². The number of aromatic nitrogens is 1. The van der Waals surface area contributed by atoms with Crippen LogP contribution in [0.25, 0.3) is 10.2 Å². The van der Waals surface area contributed by atoms with Gasteiger partial charge in [-0.15, -0.1) is 0 Å². The predicted molar refractivity (Wildman–Crippen MR) is 113 cm³/mol. The Bertz CT molecular complexity index is 1010. The third-order valence-electron chi connectivity index (χ3n) is 5.04. The fraction of sp³-hybridized carbons (Fsp3) is 0.364. The highest BCUT2D eigenvalue weighted by atomic mass is 32.1. The summed E-state index contributed by atoms with van der Waals surface area (Å²) in [5.74, 6) is 0.458. The SMILES string of the molecule is COc1ccccc1C(=O)N(CC1CCCO1)c1nc2c(C)cc(C)cc2s1. The Morgan fingerprint density at radius 2 is 2.14 bits per heavy atom. The van der Waals surface area contributed by atoms with Gasteiger partial charge in [0.25, 0.3) is 5.91 Å². The third-order valence-corrected chi connectivity index (χ3v) is 6.07. The molecule has 1 atom stereocenters. The van der Waals surface area contributed by atoms with Crippen LogP contribution in [0.3, 0.4) is 0 Å². The molecule has 1 amide bonds. The van der Waals surface area contributed by atoms with E-state index in [1.807, 2.05) is 18.2 Å². The fourth-order valence-corrected chi connectivity index (χ4v) is 4.83. The van der Waals surface area contributed by atoms with Gasteiger partial charge in [0.1, 0.15) is 5.75 Å². The predicted octanol–water partition coefficient (Wildman–Crippen LogP) is 4.75. The highest BCUT2D eigenvalue weighted by Gasteiger charge is 2.28. The van der Waals surface area contributed by atoms with E-state index in [1.54, 1.807) is 29.4 Å². The van der Waals surface area contributed by atoms with Crippen molar-refractivity contribution < 1.29 is 14.3 Å². The number of aryl methyl sites for hydroxylation is 2. The summed E-state index contributed by atoms with van der Waals surface area (Å²) in [5, 5.41) is 0.704. The van der Waals surface area contributed by atoms with Gasteiger partial charge in [0, 0.05) is 6.61 Å². The normalized spacial score (nSPS) is 16.5. The molecular formula is C22H24N2O3S. The second-order valence-corrected chi connectivity index (χ2v) is 8.19. The van der Waals surface area contributed by atoms with Crippen molar-refractivity contribution in [3.8, 4) is 5.75 Å². The second-order valence-electron chi connectivity index (χ2n) is 7.18. The van der Waals surface area contributed by atoms with Crippen molar-refractivity contribution in [3.63, 3.8) is 0 Å². The monoisotopic (exact) mass is 396 g/mol. The molecule has 6 heteroatoms. The summed E-state index contributed by atoms with van der Waals surface area (Å²) < 4.78 is 12.3. The molecule has 0 bridgehead atoms. The van der Waals surface area contributed by atoms with Gasteiger partial charge in [-0.05, 0) is 56.0 Å². The average Bonchev–Trinajstić information content (AvgIpc) is 3.35. The van der Waals surface area contributed by atoms with Crippen LogP contribution in [0.1, 0.15) is 34.3 Å². The molecule has 1 fully saturated rings. The maximum Gasteiger partial charge on any atom is 0.263 e. The summed E-state index contributed by atoms with van der Waals surface area (Å²) in [6.07, 6.45) is 2.02. The van der Waals surface area contributed by atoms with Gasteiger partial charge < -0.3 is 9.47 Å². The molecule has 1 saturated heterocycles. The lowest BCUT2D eigenvalue weighted by Gasteiger charge is -2.23. The smallest absolute Gasteiger partial charge is 0.263 e. The number of anilines is 1. The zero-order valence-electron chi connectivity index (χ0n) is 16.4. The van der Waals surface area contributed by atoms with E-state index in [0.717, 1.165) is 35.2 Å². The number of fused-ring (bicyclic) bond motifs is 1. The molecule has 5 nitrogen and oxygen atoms in total. The molecule has 0 radical (unpaired) electrons. The molecule has 2 aromatic carbocycles. The lowest BCUT2D eigenvalue weighted by atomic mass is 10.1. The molecule has 0 spiro atoms. The number of para-hydroxylation sites is 1. The first-order chi connectivity index (χ1) is 13.6. The minimum atomic E-state index is -0.110. The topological polar surface area (TPSA) is 51.7 Å². The van der Waals surface area contributed by atoms with Gasteiger partial charge in [-0.2, -0.15) is 0 Å². The van der Waals surface area contributed by atoms with Crippen molar-refractivity contribution in [2.75, 3.05) is 25.2 Å². The summed E-state index contributed by atoms with van der Waals surface area (Å²) >= 11 is 1.55. The standard InChI is InChI=1S/C22H24N2O3S/c1-14-11-15(2)20-19(12-14)28-22(23-20)24(13-16-7-6-10-27-16)21(25)17-8-4-5-9-18(17)26-3/h4-5,8-9,11-12,16H,6-7,10,13H2,1-3H3. The van der Waals surface area contributed by atoms with Crippen molar-refractivity contribution in [1.82, 2.24) is 4.98 Å². The number of ether oxygens (including phenoxy) is 2. The number of carbonyl (C=O) groups is 1. The number of methoxy groups -OCH3 is 1. The number of hydrogen-bond donors (Lipinski definition) is 0. The summed E-state index contributed by atoms with van der Waals surface area (Å²) in [6, 6.07) is 11.6. The lowest BCUT2D eigenvalue weighted by Crippen LogP contribution is -2.37. The van der Waals surface area contributed by atoms with Gasteiger partial charge in [-0.1, -0.05) is 29.5 Å². The first-order valence-electron chi connectivity index (χ1n) is 9.51. The van der Waals surface area contributed by atoms with E-state index in [-0.39, 0.29) is 12.0 Å². The van der Waals surface area contributed by atoms with Crippen LogP contribution in [0.15, 0.2) is 36.4 Å². The Kier molecular flexibility index (Phi) is 5.33. The summed E-state index contributed by atoms with van der Waals surface area (Å²) in [5.41, 5.74) is 3.81. The Labute approximate surface area is 168 Å². The fourth-order valence-electron chi connectivity index (χ4n) is 3.68. The van der Waals surface area contributed by atoms with Crippen LogP contribution in [0, 0.1) is 13.8 Å². The Morgan fingerprint density at radius 3 is 2.89 bits per heavy atom. The summed E-state index contributed by atoms with van der Waals surface area (Å²) in [6.45, 7) is 5.38. The molecule has 3 aromatic rings. The van der Waals surface area contributed by atoms with E-state index in [1.165, 1.54) is 5.56 Å². The van der Waals surface area contributed by atoms with Crippen LogP contribution < -0.4 is 9.64 Å². The number of benzene rings is 2. The summed E-state index contributed by atoms with van der Waals surface area (Å²) in [7, 11) is 1.58. The van der Waals surface area contributed by atoms with Gasteiger partial charge >= 0.3 is 0 Å². The molecule has 1 unspecified atom stereocenters. The first kappa shape index (κ1) is 18.9. The number of rotatable bonds is 5. The minimum Gasteiger partial charge on any atom is -0.496 e. The summed E-state index contributed by atoms with van der Waals surface area (Å²) in [4.78, 5) is 20.1. The zero-order chi connectivity index (χ0) is 19.7.